The summed E-state index contributed by atoms with van der Waals surface area (Å²) in [5.41, 5.74) is 5.77. The number of nitrogens with two attached hydrogens (primary N) is 1. The van der Waals surface area contributed by atoms with Gasteiger partial charge in [0, 0.05) is 6.54 Å². The van der Waals surface area contributed by atoms with Crippen molar-refractivity contribution >= 4 is 5.96 Å². The molecule has 3 heteroatoms. The molecule has 3 nitrogen and oxygen atoms in total. The third-order valence-corrected chi connectivity index (χ3v) is 3.17. The number of nitrogens with zero attached hydrogens (tertiary/aromatic N) is 2. The zero-order valence-corrected chi connectivity index (χ0v) is 7.66. The lowest BCUT2D eigenvalue weighted by Crippen LogP contribution is -2.46. The quantitative estimate of drug-likeness (QED) is 0.661. The molecule has 0 aromatic carbocycles. The third-order valence-electron chi connectivity index (χ3n) is 3.17. The lowest BCUT2D eigenvalue weighted by atomic mass is 9.79. The fraction of sp³-hybridized carbons (Fsp3) is 0.889. The van der Waals surface area contributed by atoms with Crippen LogP contribution >= 0.6 is 0 Å². The van der Waals surface area contributed by atoms with Gasteiger partial charge in [0.1, 0.15) is 0 Å². The summed E-state index contributed by atoms with van der Waals surface area (Å²) in [5.74, 6) is 1.63. The molecule has 2 N–H and O–H groups in total. The van der Waals surface area contributed by atoms with Gasteiger partial charge in [-0.3, -0.25) is 4.99 Å². The Morgan fingerprint density at radius 2 is 2.33 bits per heavy atom. The van der Waals surface area contributed by atoms with E-state index in [0.717, 1.165) is 25.0 Å². The predicted octanol–water partition coefficient (Wildman–Crippen LogP) is 0.805. The fourth-order valence-electron chi connectivity index (χ4n) is 2.17. The van der Waals surface area contributed by atoms with Gasteiger partial charge in [0.05, 0.1) is 12.6 Å². The summed E-state index contributed by atoms with van der Waals surface area (Å²) in [6.07, 6.45) is 4.16. The zero-order valence-electron chi connectivity index (χ0n) is 7.66. The molecule has 1 aliphatic carbocycles. The van der Waals surface area contributed by atoms with E-state index in [4.69, 9.17) is 5.73 Å². The molecule has 68 valence electrons. The number of hydrogen-bond acceptors (Lipinski definition) is 3. The smallest absolute Gasteiger partial charge is 0.191 e. The molecule has 0 radical (unpaired) electrons. The van der Waals surface area contributed by atoms with Gasteiger partial charge in [0.25, 0.3) is 0 Å². The van der Waals surface area contributed by atoms with Crippen LogP contribution in [0.5, 0.6) is 0 Å². The standard InChI is InChI=1S/C9H17N3/c1-2-12-8(6-11-9(12)10)7-4-3-5-7/h7-8H,2-6H2,1H3,(H2,10,11). The fourth-order valence-corrected chi connectivity index (χ4v) is 2.17. The highest BCUT2D eigenvalue weighted by Crippen LogP contribution is 2.33. The van der Waals surface area contributed by atoms with Crippen LogP contribution < -0.4 is 5.73 Å². The van der Waals surface area contributed by atoms with Crippen LogP contribution in [0.4, 0.5) is 0 Å². The number of likely N-dealkylation sites (N-methyl/N-ethyl adjacent to an activating group) is 1. The molecular formula is C9H17N3. The Kier molecular flexibility index (Phi) is 1.95. The second-order valence-corrected chi connectivity index (χ2v) is 3.74. The van der Waals surface area contributed by atoms with Crippen LogP contribution in [-0.4, -0.2) is 30.0 Å². The first-order valence-corrected chi connectivity index (χ1v) is 4.89. The Balaban J connectivity index is 1.99. The molecule has 1 fully saturated rings. The van der Waals surface area contributed by atoms with Crippen LogP contribution in [0.1, 0.15) is 26.2 Å². The second kappa shape index (κ2) is 2.96. The molecule has 0 saturated heterocycles. The minimum atomic E-state index is 0.628. The Bertz CT molecular complexity index is 196. The summed E-state index contributed by atoms with van der Waals surface area (Å²) in [6, 6.07) is 0.628. The summed E-state index contributed by atoms with van der Waals surface area (Å²) in [6.45, 7) is 4.10. The van der Waals surface area contributed by atoms with E-state index < -0.39 is 0 Å². The SMILES string of the molecule is CCN1C(N)=NCC1C1CCC1. The summed E-state index contributed by atoms with van der Waals surface area (Å²) in [7, 11) is 0. The molecule has 0 aromatic rings. The van der Waals surface area contributed by atoms with E-state index in [-0.39, 0.29) is 0 Å². The molecule has 1 unspecified atom stereocenters. The average molecular weight is 167 g/mol. The Labute approximate surface area is 73.6 Å². The van der Waals surface area contributed by atoms with E-state index in [0.29, 0.717) is 6.04 Å². The van der Waals surface area contributed by atoms with Crippen LogP contribution in [0.25, 0.3) is 0 Å². The Morgan fingerprint density at radius 1 is 1.58 bits per heavy atom. The molecule has 0 aromatic heterocycles. The monoisotopic (exact) mass is 167 g/mol. The van der Waals surface area contributed by atoms with E-state index in [1.54, 1.807) is 0 Å². The van der Waals surface area contributed by atoms with Crippen LogP contribution in [0.2, 0.25) is 0 Å². The van der Waals surface area contributed by atoms with Crippen molar-refractivity contribution in [3.05, 3.63) is 0 Å². The molecule has 1 saturated carbocycles. The summed E-state index contributed by atoms with van der Waals surface area (Å²) in [4.78, 5) is 6.55. The molecule has 12 heavy (non-hydrogen) atoms. The van der Waals surface area contributed by atoms with Gasteiger partial charge in [-0.2, -0.15) is 0 Å². The molecule has 0 spiro atoms. The minimum Gasteiger partial charge on any atom is -0.370 e. The number of rotatable bonds is 2. The van der Waals surface area contributed by atoms with Crippen molar-refractivity contribution in [1.82, 2.24) is 4.90 Å². The van der Waals surface area contributed by atoms with E-state index in [1.807, 2.05) is 0 Å². The third kappa shape index (κ3) is 1.08. The molecule has 1 atom stereocenters. The molecular weight excluding hydrogens is 150 g/mol. The first-order valence-electron chi connectivity index (χ1n) is 4.89. The van der Waals surface area contributed by atoms with Crippen molar-refractivity contribution in [2.75, 3.05) is 13.1 Å². The first kappa shape index (κ1) is 7.90. The van der Waals surface area contributed by atoms with Crippen LogP contribution in [-0.2, 0) is 0 Å². The van der Waals surface area contributed by atoms with Crippen LogP contribution in [0, 0.1) is 5.92 Å². The Hall–Kier alpha value is -0.730. The lowest BCUT2D eigenvalue weighted by Gasteiger charge is -2.36. The Morgan fingerprint density at radius 3 is 2.83 bits per heavy atom. The van der Waals surface area contributed by atoms with E-state index in [9.17, 15) is 0 Å². The normalized spacial score (nSPS) is 30.2. The van der Waals surface area contributed by atoms with Crippen molar-refractivity contribution < 1.29 is 0 Å². The van der Waals surface area contributed by atoms with Gasteiger partial charge < -0.3 is 10.6 Å². The number of aliphatic imine (C=N–C) groups is 1. The van der Waals surface area contributed by atoms with E-state index in [2.05, 4.69) is 16.8 Å². The van der Waals surface area contributed by atoms with Crippen LogP contribution in [0.15, 0.2) is 4.99 Å². The molecule has 1 heterocycles. The summed E-state index contributed by atoms with van der Waals surface area (Å²) < 4.78 is 0. The van der Waals surface area contributed by atoms with Gasteiger partial charge in [0.2, 0.25) is 0 Å². The highest BCUT2D eigenvalue weighted by molar-refractivity contribution is 5.80. The highest BCUT2D eigenvalue weighted by Gasteiger charge is 2.34. The van der Waals surface area contributed by atoms with Crippen LogP contribution in [0.3, 0.4) is 0 Å². The van der Waals surface area contributed by atoms with Gasteiger partial charge in [-0.1, -0.05) is 6.42 Å². The largest absolute Gasteiger partial charge is 0.370 e. The van der Waals surface area contributed by atoms with Gasteiger partial charge in [0.15, 0.2) is 5.96 Å². The number of guanidine groups is 1. The zero-order chi connectivity index (χ0) is 8.55. The summed E-state index contributed by atoms with van der Waals surface area (Å²) in [5, 5.41) is 0. The summed E-state index contributed by atoms with van der Waals surface area (Å²) >= 11 is 0. The van der Waals surface area contributed by atoms with Crippen molar-refractivity contribution in [1.29, 1.82) is 0 Å². The minimum absolute atomic E-state index is 0.628. The molecule has 2 rings (SSSR count). The topological polar surface area (TPSA) is 41.6 Å². The lowest BCUT2D eigenvalue weighted by molar-refractivity contribution is 0.175. The molecule has 2 aliphatic rings. The predicted molar refractivity (Wildman–Crippen MR) is 50.0 cm³/mol. The average Bonchev–Trinajstić information content (AvgIpc) is 2.29. The van der Waals surface area contributed by atoms with E-state index in [1.165, 1.54) is 19.3 Å². The van der Waals surface area contributed by atoms with Gasteiger partial charge in [-0.15, -0.1) is 0 Å². The van der Waals surface area contributed by atoms with Gasteiger partial charge >= 0.3 is 0 Å². The second-order valence-electron chi connectivity index (χ2n) is 3.74. The van der Waals surface area contributed by atoms with Crippen molar-refractivity contribution in [2.45, 2.75) is 32.2 Å². The molecule has 0 bridgehead atoms. The maximum absolute atomic E-state index is 5.77. The molecule has 1 aliphatic heterocycles. The maximum Gasteiger partial charge on any atom is 0.191 e. The highest BCUT2D eigenvalue weighted by atomic mass is 15.3. The van der Waals surface area contributed by atoms with Gasteiger partial charge in [-0.25, -0.2) is 0 Å². The van der Waals surface area contributed by atoms with Crippen molar-refractivity contribution in [2.24, 2.45) is 16.6 Å². The maximum atomic E-state index is 5.77. The number of hydrogen-bond donors (Lipinski definition) is 1. The first-order chi connectivity index (χ1) is 5.83. The molecule has 0 amide bonds. The van der Waals surface area contributed by atoms with Crippen molar-refractivity contribution in [3.63, 3.8) is 0 Å². The van der Waals surface area contributed by atoms with Gasteiger partial charge in [-0.05, 0) is 25.7 Å². The van der Waals surface area contributed by atoms with E-state index >= 15 is 0 Å². The van der Waals surface area contributed by atoms with Crippen molar-refractivity contribution in [3.8, 4) is 0 Å².